The summed E-state index contributed by atoms with van der Waals surface area (Å²) < 4.78 is 5.13. The van der Waals surface area contributed by atoms with E-state index < -0.39 is 10.9 Å². The molecule has 1 aromatic rings. The number of carbonyl (C=O) groups is 2. The predicted octanol–water partition coefficient (Wildman–Crippen LogP) is 1.65. The minimum absolute atomic E-state index is 0.0241. The van der Waals surface area contributed by atoms with Crippen molar-refractivity contribution in [1.29, 1.82) is 0 Å². The number of carboxylic acids is 1. The van der Waals surface area contributed by atoms with Gasteiger partial charge in [-0.3, -0.25) is 19.7 Å². The van der Waals surface area contributed by atoms with E-state index in [1.165, 1.54) is 12.1 Å². The van der Waals surface area contributed by atoms with Crippen LogP contribution < -0.4 is 4.74 Å². The van der Waals surface area contributed by atoms with E-state index in [2.05, 4.69) is 0 Å². The molecule has 0 radical (unpaired) electrons. The summed E-state index contributed by atoms with van der Waals surface area (Å²) in [4.78, 5) is 30.9. The second-order valence-corrected chi connectivity index (χ2v) is 3.45. The van der Waals surface area contributed by atoms with Crippen LogP contribution in [0.25, 0.3) is 0 Å². The first-order valence-corrected chi connectivity index (χ1v) is 5.13. The zero-order chi connectivity index (χ0) is 13.5. The maximum absolute atomic E-state index is 10.7. The molecule has 0 spiro atoms. The average Bonchev–Trinajstić information content (AvgIpc) is 2.34. The lowest BCUT2D eigenvalue weighted by molar-refractivity contribution is -0.385. The second kappa shape index (κ2) is 6.33. The summed E-state index contributed by atoms with van der Waals surface area (Å²) in [5, 5.41) is 19.2. The standard InChI is InChI=1S/C11H11NO6/c13-7-8-3-4-10(9(6-8)12(16)17)18-5-1-2-11(14)15/h3-4,6-7H,1-2,5H2,(H,14,15). The van der Waals surface area contributed by atoms with Crippen LogP contribution in [0.3, 0.4) is 0 Å². The maximum atomic E-state index is 10.7. The lowest BCUT2D eigenvalue weighted by Crippen LogP contribution is -2.04. The number of nitrogens with zero attached hydrogens (tertiary/aromatic N) is 1. The van der Waals surface area contributed by atoms with E-state index in [1.54, 1.807) is 0 Å². The summed E-state index contributed by atoms with van der Waals surface area (Å²) in [7, 11) is 0. The molecule has 0 unspecified atom stereocenters. The van der Waals surface area contributed by atoms with Gasteiger partial charge in [-0.25, -0.2) is 0 Å². The fraction of sp³-hybridized carbons (Fsp3) is 0.273. The number of benzene rings is 1. The maximum Gasteiger partial charge on any atom is 0.311 e. The smallest absolute Gasteiger partial charge is 0.311 e. The van der Waals surface area contributed by atoms with E-state index in [-0.39, 0.29) is 36.4 Å². The van der Waals surface area contributed by atoms with Crippen LogP contribution in [-0.2, 0) is 4.79 Å². The van der Waals surface area contributed by atoms with E-state index in [0.717, 1.165) is 6.07 Å². The highest BCUT2D eigenvalue weighted by Crippen LogP contribution is 2.27. The molecular formula is C11H11NO6. The molecule has 0 heterocycles. The van der Waals surface area contributed by atoms with Crippen molar-refractivity contribution in [1.82, 2.24) is 0 Å². The monoisotopic (exact) mass is 253 g/mol. The van der Waals surface area contributed by atoms with E-state index in [4.69, 9.17) is 9.84 Å². The number of nitro benzene ring substituents is 1. The molecule has 1 N–H and O–H groups in total. The average molecular weight is 253 g/mol. The fourth-order valence-electron chi connectivity index (χ4n) is 1.28. The predicted molar refractivity (Wildman–Crippen MR) is 60.8 cm³/mol. The zero-order valence-corrected chi connectivity index (χ0v) is 9.37. The Morgan fingerprint density at radius 3 is 2.78 bits per heavy atom. The van der Waals surface area contributed by atoms with Gasteiger partial charge in [0, 0.05) is 18.1 Å². The van der Waals surface area contributed by atoms with Gasteiger partial charge in [-0.2, -0.15) is 0 Å². The van der Waals surface area contributed by atoms with Crippen molar-refractivity contribution in [3.63, 3.8) is 0 Å². The normalized spacial score (nSPS) is 9.78. The van der Waals surface area contributed by atoms with Crippen molar-refractivity contribution >= 4 is 17.9 Å². The third-order valence-electron chi connectivity index (χ3n) is 2.11. The van der Waals surface area contributed by atoms with Crippen LogP contribution in [0.1, 0.15) is 23.2 Å². The molecule has 0 aromatic heterocycles. The van der Waals surface area contributed by atoms with Crippen molar-refractivity contribution in [2.45, 2.75) is 12.8 Å². The van der Waals surface area contributed by atoms with Crippen LogP contribution in [0.2, 0.25) is 0 Å². The van der Waals surface area contributed by atoms with Gasteiger partial charge in [0.05, 0.1) is 11.5 Å². The van der Waals surface area contributed by atoms with Crippen LogP contribution in [0.5, 0.6) is 5.75 Å². The first-order chi connectivity index (χ1) is 8.54. The Morgan fingerprint density at radius 2 is 2.22 bits per heavy atom. The Kier molecular flexibility index (Phi) is 4.79. The van der Waals surface area contributed by atoms with E-state index >= 15 is 0 Å². The van der Waals surface area contributed by atoms with Gasteiger partial charge in [-0.05, 0) is 18.6 Å². The van der Waals surface area contributed by atoms with Crippen molar-refractivity contribution in [2.75, 3.05) is 6.61 Å². The molecule has 0 bridgehead atoms. The van der Waals surface area contributed by atoms with E-state index in [1.807, 2.05) is 0 Å². The fourth-order valence-corrected chi connectivity index (χ4v) is 1.28. The number of ether oxygens (including phenoxy) is 1. The zero-order valence-electron chi connectivity index (χ0n) is 9.37. The van der Waals surface area contributed by atoms with Gasteiger partial charge in [0.1, 0.15) is 6.29 Å². The molecule has 0 fully saturated rings. The molecule has 1 aromatic carbocycles. The Morgan fingerprint density at radius 1 is 1.50 bits per heavy atom. The van der Waals surface area contributed by atoms with Crippen molar-refractivity contribution in [3.05, 3.63) is 33.9 Å². The first-order valence-electron chi connectivity index (χ1n) is 5.13. The molecule has 0 aliphatic rings. The molecular weight excluding hydrogens is 242 g/mol. The van der Waals surface area contributed by atoms with Gasteiger partial charge in [0.2, 0.25) is 0 Å². The highest BCUT2D eigenvalue weighted by molar-refractivity contribution is 5.77. The van der Waals surface area contributed by atoms with Crippen LogP contribution >= 0.6 is 0 Å². The minimum Gasteiger partial charge on any atom is -0.487 e. The van der Waals surface area contributed by atoms with E-state index in [0.29, 0.717) is 6.29 Å². The molecule has 0 saturated heterocycles. The summed E-state index contributed by atoms with van der Waals surface area (Å²) >= 11 is 0. The van der Waals surface area contributed by atoms with E-state index in [9.17, 15) is 19.7 Å². The number of carboxylic acid groups (broad SMARTS) is 1. The number of hydrogen-bond donors (Lipinski definition) is 1. The molecule has 18 heavy (non-hydrogen) atoms. The molecule has 1 rings (SSSR count). The van der Waals surface area contributed by atoms with Crippen LogP contribution in [0.4, 0.5) is 5.69 Å². The van der Waals surface area contributed by atoms with Crippen LogP contribution in [0.15, 0.2) is 18.2 Å². The summed E-state index contributed by atoms with van der Waals surface area (Å²) in [5.41, 5.74) is -0.130. The van der Waals surface area contributed by atoms with Crippen LogP contribution in [0, 0.1) is 10.1 Å². The van der Waals surface area contributed by atoms with Crippen LogP contribution in [-0.4, -0.2) is 28.9 Å². The first kappa shape index (κ1) is 13.6. The van der Waals surface area contributed by atoms with Gasteiger partial charge in [0.15, 0.2) is 5.75 Å². The lowest BCUT2D eigenvalue weighted by Gasteiger charge is -2.06. The third kappa shape index (κ3) is 3.85. The lowest BCUT2D eigenvalue weighted by atomic mass is 10.2. The quantitative estimate of drug-likeness (QED) is 0.342. The number of aliphatic carboxylic acids is 1. The van der Waals surface area contributed by atoms with Gasteiger partial charge in [-0.1, -0.05) is 0 Å². The number of hydrogen-bond acceptors (Lipinski definition) is 5. The Hall–Kier alpha value is -2.44. The Labute approximate surface area is 102 Å². The molecule has 0 atom stereocenters. The molecule has 0 aliphatic heterocycles. The highest BCUT2D eigenvalue weighted by Gasteiger charge is 2.15. The summed E-state index contributed by atoms with van der Waals surface area (Å²) in [6.07, 6.45) is 0.684. The number of nitro groups is 1. The number of rotatable bonds is 7. The summed E-state index contributed by atoms with van der Waals surface area (Å²) in [6, 6.07) is 3.83. The van der Waals surface area contributed by atoms with Gasteiger partial charge < -0.3 is 9.84 Å². The van der Waals surface area contributed by atoms with Gasteiger partial charge in [0.25, 0.3) is 0 Å². The third-order valence-corrected chi connectivity index (χ3v) is 2.11. The number of aldehydes is 1. The van der Waals surface area contributed by atoms with Gasteiger partial charge in [-0.15, -0.1) is 0 Å². The van der Waals surface area contributed by atoms with Crippen molar-refractivity contribution in [3.8, 4) is 5.75 Å². The summed E-state index contributed by atoms with van der Waals surface area (Å²) in [5.74, 6) is -0.930. The molecule has 0 aliphatic carbocycles. The van der Waals surface area contributed by atoms with Crippen molar-refractivity contribution < 1.29 is 24.4 Å². The molecule has 0 amide bonds. The Bertz CT molecular complexity index is 471. The minimum atomic E-state index is -0.954. The highest BCUT2D eigenvalue weighted by atomic mass is 16.6. The molecule has 7 nitrogen and oxygen atoms in total. The topological polar surface area (TPSA) is 107 Å². The van der Waals surface area contributed by atoms with Gasteiger partial charge >= 0.3 is 11.7 Å². The Balaban J connectivity index is 2.72. The summed E-state index contributed by atoms with van der Waals surface area (Å²) in [6.45, 7) is 0.0631. The number of carbonyl (C=O) groups excluding carboxylic acids is 1. The molecule has 0 saturated carbocycles. The SMILES string of the molecule is O=Cc1ccc(OCCCC(=O)O)c([N+](=O)[O-])c1. The molecule has 7 heteroatoms. The second-order valence-electron chi connectivity index (χ2n) is 3.45. The van der Waals surface area contributed by atoms with Crippen molar-refractivity contribution in [2.24, 2.45) is 0 Å². The molecule has 96 valence electrons. The largest absolute Gasteiger partial charge is 0.487 e.